The van der Waals surface area contributed by atoms with Crippen LogP contribution in [0.2, 0.25) is 0 Å². The number of hydrogen-bond donors (Lipinski definition) is 2. The Balaban J connectivity index is 1.63. The van der Waals surface area contributed by atoms with Crippen molar-refractivity contribution < 1.29 is 19.1 Å². The van der Waals surface area contributed by atoms with Gasteiger partial charge in [0, 0.05) is 44.5 Å². The van der Waals surface area contributed by atoms with Crippen LogP contribution in [0.25, 0.3) is 5.52 Å². The molecule has 2 aromatic heterocycles. The zero-order chi connectivity index (χ0) is 29.4. The molecule has 1 aliphatic heterocycles. The number of aromatic nitrogens is 3. The van der Waals surface area contributed by atoms with E-state index < -0.39 is 5.60 Å². The lowest BCUT2D eigenvalue weighted by atomic mass is 9.94. The van der Waals surface area contributed by atoms with Crippen molar-refractivity contribution in [1.82, 2.24) is 24.4 Å². The van der Waals surface area contributed by atoms with Crippen molar-refractivity contribution in [3.8, 4) is 0 Å². The minimum absolute atomic E-state index is 0.00974. The first kappa shape index (κ1) is 28.8. The van der Waals surface area contributed by atoms with Crippen molar-refractivity contribution >= 4 is 34.9 Å². The Hall–Kier alpha value is -4.15. The highest BCUT2D eigenvalue weighted by atomic mass is 16.6. The normalized spacial score (nSPS) is 15.7. The summed E-state index contributed by atoms with van der Waals surface area (Å²) in [5.41, 5.74) is 10.6. The average molecular weight is 550 g/mol. The highest BCUT2D eigenvalue weighted by Gasteiger charge is 2.32. The number of ether oxygens (including phenoxy) is 1. The molecule has 0 saturated carbocycles. The molecule has 40 heavy (non-hydrogen) atoms. The second kappa shape index (κ2) is 11.1. The molecular weight excluding hydrogens is 510 g/mol. The lowest BCUT2D eigenvalue weighted by Gasteiger charge is -2.34. The fourth-order valence-corrected chi connectivity index (χ4v) is 4.98. The van der Waals surface area contributed by atoms with Gasteiger partial charge in [-0.15, -0.1) is 0 Å². The van der Waals surface area contributed by atoms with E-state index in [9.17, 15) is 14.4 Å². The predicted molar refractivity (Wildman–Crippen MR) is 153 cm³/mol. The van der Waals surface area contributed by atoms with Crippen LogP contribution in [-0.2, 0) is 16.0 Å². The number of nitrogens with two attached hydrogens (primary N) is 1. The van der Waals surface area contributed by atoms with Gasteiger partial charge in [-0.05, 0) is 76.3 Å². The topological polar surface area (TPSA) is 135 Å². The third kappa shape index (κ3) is 6.03. The molecule has 1 atom stereocenters. The summed E-state index contributed by atoms with van der Waals surface area (Å²) in [6, 6.07) is 5.48. The lowest BCUT2D eigenvalue weighted by molar-refractivity contribution is -0.127. The number of likely N-dealkylation sites (tertiary alicyclic amines) is 1. The van der Waals surface area contributed by atoms with Gasteiger partial charge in [-0.2, -0.15) is 5.10 Å². The summed E-state index contributed by atoms with van der Waals surface area (Å²) in [6.45, 7) is 10.4. The zero-order valence-electron chi connectivity index (χ0n) is 24.4. The van der Waals surface area contributed by atoms with Crippen LogP contribution in [0.15, 0.2) is 24.5 Å². The van der Waals surface area contributed by atoms with Crippen molar-refractivity contribution in [2.75, 3.05) is 38.2 Å². The van der Waals surface area contributed by atoms with E-state index in [4.69, 9.17) is 10.5 Å². The molecule has 3 heterocycles. The van der Waals surface area contributed by atoms with Gasteiger partial charge in [0.25, 0.3) is 5.91 Å². The van der Waals surface area contributed by atoms with E-state index in [2.05, 4.69) is 15.4 Å². The smallest absolute Gasteiger partial charge is 0.410 e. The van der Waals surface area contributed by atoms with Crippen LogP contribution < -0.4 is 11.1 Å². The summed E-state index contributed by atoms with van der Waals surface area (Å²) >= 11 is 0. The lowest BCUT2D eigenvalue weighted by Crippen LogP contribution is -2.42. The summed E-state index contributed by atoms with van der Waals surface area (Å²) in [5.74, 6) is -0.209. The molecule has 214 valence electrons. The minimum atomic E-state index is -0.588. The van der Waals surface area contributed by atoms with Crippen molar-refractivity contribution in [3.05, 3.63) is 52.5 Å². The number of nitrogens with zero attached hydrogens (tertiary/aromatic N) is 5. The highest BCUT2D eigenvalue weighted by Crippen LogP contribution is 2.33. The number of piperidine rings is 1. The van der Waals surface area contributed by atoms with E-state index in [0.717, 1.165) is 35.2 Å². The van der Waals surface area contributed by atoms with Crippen molar-refractivity contribution in [1.29, 1.82) is 0 Å². The third-order valence-corrected chi connectivity index (χ3v) is 7.33. The summed E-state index contributed by atoms with van der Waals surface area (Å²) < 4.78 is 7.25. The van der Waals surface area contributed by atoms with E-state index in [-0.39, 0.29) is 36.1 Å². The zero-order valence-corrected chi connectivity index (χ0v) is 24.4. The van der Waals surface area contributed by atoms with Crippen molar-refractivity contribution in [2.45, 2.75) is 65.4 Å². The molecule has 11 heteroatoms. The largest absolute Gasteiger partial charge is 0.444 e. The number of nitrogens with one attached hydrogen (secondary N) is 1. The van der Waals surface area contributed by atoms with E-state index in [1.165, 1.54) is 6.33 Å². The van der Waals surface area contributed by atoms with Crippen LogP contribution in [0.1, 0.15) is 72.3 Å². The molecule has 1 aliphatic rings. The maximum Gasteiger partial charge on any atom is 0.410 e. The Morgan fingerprint density at radius 3 is 2.58 bits per heavy atom. The molecule has 1 fully saturated rings. The molecule has 0 radical (unpaired) electrons. The number of rotatable bonds is 5. The Bertz CT molecular complexity index is 1450. The van der Waals surface area contributed by atoms with Gasteiger partial charge < -0.3 is 25.6 Å². The molecule has 1 unspecified atom stereocenters. The Kier molecular flexibility index (Phi) is 8.04. The maximum absolute atomic E-state index is 13.6. The predicted octanol–water partition coefficient (Wildman–Crippen LogP) is 3.93. The molecule has 0 bridgehead atoms. The Labute approximate surface area is 234 Å². The average Bonchev–Trinajstić information content (AvgIpc) is 3.28. The second-order valence-electron chi connectivity index (χ2n) is 11.6. The van der Waals surface area contributed by atoms with E-state index in [0.29, 0.717) is 29.9 Å². The van der Waals surface area contributed by atoms with Crippen LogP contribution in [0.5, 0.6) is 0 Å². The number of amides is 3. The number of carbonyl (C=O) groups is 3. The third-order valence-electron chi connectivity index (χ3n) is 7.33. The number of fused-ring (bicyclic) bond motifs is 1. The molecular formula is C29H39N7O4. The second-order valence-corrected chi connectivity index (χ2v) is 11.6. The van der Waals surface area contributed by atoms with Crippen molar-refractivity contribution in [3.63, 3.8) is 0 Å². The van der Waals surface area contributed by atoms with Crippen LogP contribution in [0, 0.1) is 13.8 Å². The fourth-order valence-electron chi connectivity index (χ4n) is 4.98. The number of anilines is 2. The standard InChI is InChI=1S/C29H39N7O4/c1-17-18(2)22(11-10-19(17)13-24(37)34(6)7)33-27(38)21-14-23(36-25(21)26(30)31-16-32-36)20-9-8-12-35(15-20)28(39)40-29(3,4)5/h10-11,14,16,20H,8-9,12-13,15H2,1-7H3,(H,33,38)(H2,30,31,32). The Morgan fingerprint density at radius 2 is 1.90 bits per heavy atom. The molecule has 1 saturated heterocycles. The van der Waals surface area contributed by atoms with Gasteiger partial charge >= 0.3 is 6.09 Å². The van der Waals surface area contributed by atoms with Gasteiger partial charge in [0.05, 0.1) is 12.0 Å². The van der Waals surface area contributed by atoms with Crippen LogP contribution in [-0.4, -0.2) is 75.1 Å². The molecule has 11 nitrogen and oxygen atoms in total. The van der Waals surface area contributed by atoms with Crippen LogP contribution >= 0.6 is 0 Å². The van der Waals surface area contributed by atoms with E-state index in [1.807, 2.05) is 46.8 Å². The van der Waals surface area contributed by atoms with Gasteiger partial charge in [-0.1, -0.05) is 6.07 Å². The number of hydrogen-bond acceptors (Lipinski definition) is 7. The molecule has 4 rings (SSSR count). The summed E-state index contributed by atoms with van der Waals surface area (Å²) in [4.78, 5) is 46.0. The molecule has 3 amide bonds. The van der Waals surface area contributed by atoms with Gasteiger partial charge in [-0.25, -0.2) is 14.3 Å². The van der Waals surface area contributed by atoms with Gasteiger partial charge in [0.1, 0.15) is 17.4 Å². The summed E-state index contributed by atoms with van der Waals surface area (Å²) in [7, 11) is 3.46. The summed E-state index contributed by atoms with van der Waals surface area (Å²) in [6.07, 6.45) is 2.91. The van der Waals surface area contributed by atoms with E-state index in [1.54, 1.807) is 34.5 Å². The molecule has 0 aliphatic carbocycles. The summed E-state index contributed by atoms with van der Waals surface area (Å²) in [5, 5.41) is 7.43. The quantitative estimate of drug-likeness (QED) is 0.492. The first-order valence-corrected chi connectivity index (χ1v) is 13.5. The Morgan fingerprint density at radius 1 is 1.18 bits per heavy atom. The number of benzene rings is 1. The van der Waals surface area contributed by atoms with Gasteiger partial charge in [-0.3, -0.25) is 9.59 Å². The number of likely N-dealkylation sites (N-methyl/N-ethyl adjacent to an activating group) is 1. The molecule has 1 aromatic carbocycles. The van der Waals surface area contributed by atoms with Gasteiger partial charge in [0.2, 0.25) is 5.91 Å². The van der Waals surface area contributed by atoms with E-state index >= 15 is 0 Å². The van der Waals surface area contributed by atoms with Crippen molar-refractivity contribution in [2.24, 2.45) is 0 Å². The molecule has 3 aromatic rings. The molecule has 0 spiro atoms. The minimum Gasteiger partial charge on any atom is -0.444 e. The highest BCUT2D eigenvalue weighted by molar-refractivity contribution is 6.11. The van der Waals surface area contributed by atoms with Crippen LogP contribution in [0.3, 0.4) is 0 Å². The molecule has 3 N–H and O–H groups in total. The first-order valence-electron chi connectivity index (χ1n) is 13.5. The maximum atomic E-state index is 13.6. The number of carbonyl (C=O) groups excluding carboxylic acids is 3. The number of nitrogen functional groups attached to an aromatic ring is 1. The first-order chi connectivity index (χ1) is 18.8. The SMILES string of the molecule is Cc1c(CC(=O)N(C)C)ccc(NC(=O)c2cc(C3CCCN(C(=O)OC(C)(C)C)C3)n3ncnc(N)c23)c1C. The monoisotopic (exact) mass is 549 g/mol. The van der Waals surface area contributed by atoms with Crippen LogP contribution in [0.4, 0.5) is 16.3 Å². The van der Waals surface area contributed by atoms with Gasteiger partial charge in [0.15, 0.2) is 5.82 Å². The fraction of sp³-hybridized carbons (Fsp3) is 0.483.